The Labute approximate surface area is 112 Å². The SMILES string of the molecule is CCC(=O)c1cc([O])cc(C(=O)CC)c1C(=O)CC. The largest absolute Gasteiger partial charge is 0.294 e. The zero-order valence-corrected chi connectivity index (χ0v) is 11.4. The van der Waals surface area contributed by atoms with E-state index in [9.17, 15) is 19.5 Å². The average molecular weight is 261 g/mol. The number of carbonyl (C=O) groups is 3. The molecule has 0 unspecified atom stereocenters. The molecule has 0 N–H and O–H groups in total. The lowest BCUT2D eigenvalue weighted by Gasteiger charge is -2.11. The predicted octanol–water partition coefficient (Wildman–Crippen LogP) is 3.61. The number of rotatable bonds is 6. The monoisotopic (exact) mass is 261 g/mol. The molecule has 0 saturated heterocycles. The third kappa shape index (κ3) is 3.08. The second-order valence-electron chi connectivity index (χ2n) is 4.22. The molecule has 4 heteroatoms. The molecule has 0 heterocycles. The molecule has 0 aliphatic heterocycles. The van der Waals surface area contributed by atoms with Crippen molar-refractivity contribution in [3.63, 3.8) is 0 Å². The quantitative estimate of drug-likeness (QED) is 0.734. The minimum absolute atomic E-state index is 0.0821. The van der Waals surface area contributed by atoms with Crippen LogP contribution >= 0.6 is 0 Å². The van der Waals surface area contributed by atoms with Gasteiger partial charge in [-0.15, -0.1) is 0 Å². The molecule has 0 amide bonds. The van der Waals surface area contributed by atoms with E-state index in [2.05, 4.69) is 0 Å². The van der Waals surface area contributed by atoms with Crippen LogP contribution in [0.3, 0.4) is 0 Å². The lowest BCUT2D eigenvalue weighted by atomic mass is 9.90. The van der Waals surface area contributed by atoms with E-state index in [1.165, 1.54) is 0 Å². The number of hydrogen-bond donors (Lipinski definition) is 0. The minimum atomic E-state index is -0.416. The fourth-order valence-electron chi connectivity index (χ4n) is 1.91. The van der Waals surface area contributed by atoms with Crippen molar-refractivity contribution in [2.45, 2.75) is 40.0 Å². The molecule has 0 spiro atoms. The van der Waals surface area contributed by atoms with E-state index >= 15 is 0 Å². The van der Waals surface area contributed by atoms with Gasteiger partial charge in [0, 0.05) is 36.0 Å². The summed E-state index contributed by atoms with van der Waals surface area (Å²) in [4.78, 5) is 35.7. The highest BCUT2D eigenvalue weighted by Crippen LogP contribution is 2.26. The van der Waals surface area contributed by atoms with Gasteiger partial charge in [0.15, 0.2) is 23.1 Å². The molecule has 1 aromatic carbocycles. The summed E-state index contributed by atoms with van der Waals surface area (Å²) in [6.45, 7) is 4.97. The van der Waals surface area contributed by atoms with Gasteiger partial charge in [0.25, 0.3) is 0 Å². The van der Waals surface area contributed by atoms with E-state index in [0.29, 0.717) is 0 Å². The highest BCUT2D eigenvalue weighted by atomic mass is 16.3. The zero-order valence-electron chi connectivity index (χ0n) is 11.4. The van der Waals surface area contributed by atoms with E-state index in [4.69, 9.17) is 0 Å². The second-order valence-corrected chi connectivity index (χ2v) is 4.22. The zero-order chi connectivity index (χ0) is 14.6. The van der Waals surface area contributed by atoms with Gasteiger partial charge in [-0.3, -0.25) is 19.5 Å². The summed E-state index contributed by atoms with van der Waals surface area (Å²) in [6.07, 6.45) is 0.562. The highest BCUT2D eigenvalue weighted by Gasteiger charge is 2.23. The first kappa shape index (κ1) is 15.1. The van der Waals surface area contributed by atoms with Crippen molar-refractivity contribution in [1.29, 1.82) is 0 Å². The summed E-state index contributed by atoms with van der Waals surface area (Å²) < 4.78 is 0. The van der Waals surface area contributed by atoms with Crippen LogP contribution < -0.4 is 0 Å². The molecule has 0 bridgehead atoms. The van der Waals surface area contributed by atoms with E-state index in [0.717, 1.165) is 12.1 Å². The molecule has 0 fully saturated rings. The summed E-state index contributed by atoms with van der Waals surface area (Å²) in [6, 6.07) is 2.31. The number of ketones is 3. The van der Waals surface area contributed by atoms with Crippen molar-refractivity contribution >= 4 is 17.3 Å². The first-order valence-corrected chi connectivity index (χ1v) is 6.40. The fraction of sp³-hybridized carbons (Fsp3) is 0.400. The Morgan fingerprint density at radius 1 is 0.789 bits per heavy atom. The van der Waals surface area contributed by atoms with Crippen LogP contribution in [0.15, 0.2) is 12.1 Å². The summed E-state index contributed by atoms with van der Waals surface area (Å²) >= 11 is 0. The molecule has 1 radical (unpaired) electrons. The first-order chi connectivity index (χ1) is 8.96. The summed E-state index contributed by atoms with van der Waals surface area (Å²) in [5.41, 5.74) is 0.276. The second kappa shape index (κ2) is 6.27. The summed E-state index contributed by atoms with van der Waals surface area (Å²) in [7, 11) is 0. The van der Waals surface area contributed by atoms with Crippen LogP contribution in [0.4, 0.5) is 0 Å². The smallest absolute Gasteiger partial charge is 0.180 e. The summed E-state index contributed by atoms with van der Waals surface area (Å²) in [5, 5.41) is 11.6. The van der Waals surface area contributed by atoms with E-state index in [1.807, 2.05) is 0 Å². The molecule has 101 valence electrons. The Morgan fingerprint density at radius 2 is 1.16 bits per heavy atom. The van der Waals surface area contributed by atoms with Gasteiger partial charge in [0.2, 0.25) is 0 Å². The lowest BCUT2D eigenvalue weighted by Crippen LogP contribution is -2.14. The molecule has 1 rings (SSSR count). The number of benzene rings is 1. The fourth-order valence-corrected chi connectivity index (χ4v) is 1.91. The third-order valence-electron chi connectivity index (χ3n) is 2.95. The van der Waals surface area contributed by atoms with Crippen molar-refractivity contribution in [1.82, 2.24) is 0 Å². The van der Waals surface area contributed by atoms with Crippen molar-refractivity contribution < 1.29 is 19.5 Å². The Balaban J connectivity index is 3.62. The van der Waals surface area contributed by atoms with Gasteiger partial charge in [0.1, 0.15) is 0 Å². The number of Topliss-reactive ketones (excluding diaryl/α,β-unsaturated/α-hetero) is 3. The minimum Gasteiger partial charge on any atom is -0.294 e. The number of carbonyl (C=O) groups excluding carboxylic acids is 3. The van der Waals surface area contributed by atoms with Gasteiger partial charge < -0.3 is 0 Å². The van der Waals surface area contributed by atoms with E-state index in [-0.39, 0.29) is 53.3 Å². The predicted molar refractivity (Wildman–Crippen MR) is 70.4 cm³/mol. The van der Waals surface area contributed by atoms with Gasteiger partial charge in [0.05, 0.1) is 0 Å². The van der Waals surface area contributed by atoms with Crippen LogP contribution in [0, 0.1) is 0 Å². The van der Waals surface area contributed by atoms with E-state index < -0.39 is 5.75 Å². The van der Waals surface area contributed by atoms with Crippen LogP contribution in [0.2, 0.25) is 0 Å². The molecule has 0 aliphatic carbocycles. The van der Waals surface area contributed by atoms with Gasteiger partial charge in [-0.2, -0.15) is 0 Å². The maximum Gasteiger partial charge on any atom is 0.180 e. The number of hydrogen-bond acceptors (Lipinski definition) is 3. The molecular weight excluding hydrogens is 244 g/mol. The average Bonchev–Trinajstić information content (AvgIpc) is 2.43. The van der Waals surface area contributed by atoms with Gasteiger partial charge in [-0.1, -0.05) is 20.8 Å². The van der Waals surface area contributed by atoms with Crippen LogP contribution in [0.1, 0.15) is 71.1 Å². The Bertz CT molecular complexity index is 492. The maximum atomic E-state index is 12.0. The van der Waals surface area contributed by atoms with Gasteiger partial charge in [-0.25, -0.2) is 0 Å². The van der Waals surface area contributed by atoms with Crippen LogP contribution in [-0.4, -0.2) is 17.3 Å². The van der Waals surface area contributed by atoms with Crippen LogP contribution in [-0.2, 0) is 5.11 Å². The van der Waals surface area contributed by atoms with Crippen molar-refractivity contribution in [3.8, 4) is 5.75 Å². The molecule has 4 nitrogen and oxygen atoms in total. The molecule has 0 atom stereocenters. The van der Waals surface area contributed by atoms with Crippen molar-refractivity contribution in [2.75, 3.05) is 0 Å². The third-order valence-corrected chi connectivity index (χ3v) is 2.95. The standard InChI is InChI=1S/C15H17O4/c1-4-12(17)10-7-9(16)8-11(13(18)5-2)15(10)14(19)6-3/h7-8H,4-6H2,1-3H3. The molecular formula is C15H17O4. The first-order valence-electron chi connectivity index (χ1n) is 6.40. The molecule has 0 aromatic heterocycles. The maximum absolute atomic E-state index is 12.0. The molecule has 19 heavy (non-hydrogen) atoms. The Hall–Kier alpha value is -1.97. The summed E-state index contributed by atoms with van der Waals surface area (Å²) in [5.74, 6) is -1.28. The van der Waals surface area contributed by atoms with Crippen molar-refractivity contribution in [3.05, 3.63) is 28.8 Å². The Morgan fingerprint density at radius 3 is 1.47 bits per heavy atom. The molecule has 0 aliphatic rings. The highest BCUT2D eigenvalue weighted by molar-refractivity contribution is 6.15. The molecule has 0 saturated carbocycles. The van der Waals surface area contributed by atoms with Crippen LogP contribution in [0.5, 0.6) is 5.75 Å². The van der Waals surface area contributed by atoms with Crippen LogP contribution in [0.25, 0.3) is 0 Å². The normalized spacial score (nSPS) is 10.3. The van der Waals surface area contributed by atoms with Gasteiger partial charge >= 0.3 is 0 Å². The van der Waals surface area contributed by atoms with Gasteiger partial charge in [-0.05, 0) is 12.1 Å². The Kier molecular flexibility index (Phi) is 4.98. The van der Waals surface area contributed by atoms with Crippen molar-refractivity contribution in [2.24, 2.45) is 0 Å². The van der Waals surface area contributed by atoms with E-state index in [1.54, 1.807) is 20.8 Å². The topological polar surface area (TPSA) is 71.1 Å². The molecule has 1 aromatic rings. The lowest BCUT2D eigenvalue weighted by molar-refractivity contribution is 0.0941.